The second-order valence-corrected chi connectivity index (χ2v) is 5.51. The van der Waals surface area contributed by atoms with Crippen molar-refractivity contribution in [2.24, 2.45) is 0 Å². The number of rotatable bonds is 4. The third-order valence-electron chi connectivity index (χ3n) is 3.74. The molecule has 22 heavy (non-hydrogen) atoms. The van der Waals surface area contributed by atoms with Crippen molar-refractivity contribution in [2.45, 2.75) is 26.7 Å². The zero-order chi connectivity index (χ0) is 15.5. The molecule has 0 unspecified atom stereocenters. The van der Waals surface area contributed by atoms with Crippen LogP contribution in [0.5, 0.6) is 5.75 Å². The normalized spacial score (nSPS) is 10.8. The summed E-state index contributed by atoms with van der Waals surface area (Å²) in [6, 6.07) is 18.1. The largest absolute Gasteiger partial charge is 0.504 e. The first-order chi connectivity index (χ1) is 10.7. The molecule has 0 aliphatic carbocycles. The van der Waals surface area contributed by atoms with Crippen molar-refractivity contribution >= 4 is 0 Å². The molecular weight excluding hydrogens is 272 g/mol. The van der Waals surface area contributed by atoms with Gasteiger partial charge in [0, 0.05) is 5.56 Å². The monoisotopic (exact) mass is 292 g/mol. The summed E-state index contributed by atoms with van der Waals surface area (Å²) >= 11 is 0. The van der Waals surface area contributed by atoms with Crippen LogP contribution in [0.1, 0.15) is 24.6 Å². The first kappa shape index (κ1) is 14.4. The minimum atomic E-state index is 0.287. The number of benzene rings is 2. The smallest absolute Gasteiger partial charge is 0.165 e. The Morgan fingerprint density at radius 1 is 1.00 bits per heavy atom. The Bertz CT molecular complexity index is 758. The molecule has 1 heterocycles. The summed E-state index contributed by atoms with van der Waals surface area (Å²) in [5.41, 5.74) is 4.64. The molecule has 1 N–H and O–H groups in total. The van der Waals surface area contributed by atoms with Crippen molar-refractivity contribution < 1.29 is 5.11 Å². The van der Waals surface area contributed by atoms with Gasteiger partial charge in [0.25, 0.3) is 0 Å². The predicted molar refractivity (Wildman–Crippen MR) is 89.4 cm³/mol. The zero-order valence-electron chi connectivity index (χ0n) is 13.0. The molecule has 0 saturated heterocycles. The van der Waals surface area contributed by atoms with E-state index in [1.807, 2.05) is 47.1 Å². The molecule has 0 bridgehead atoms. The standard InChI is InChI=1S/C19H20N2O/c1-3-7-17-19(22)18(15-12-10-14(2)11-13-15)21(20-17)16-8-5-4-6-9-16/h4-6,8-13,22H,3,7H2,1-2H3. The molecule has 0 fully saturated rings. The maximum Gasteiger partial charge on any atom is 0.165 e. The lowest BCUT2D eigenvalue weighted by Gasteiger charge is -2.08. The van der Waals surface area contributed by atoms with Gasteiger partial charge in [-0.25, -0.2) is 4.68 Å². The molecule has 2 aromatic carbocycles. The van der Waals surface area contributed by atoms with Gasteiger partial charge in [0.05, 0.1) is 5.69 Å². The van der Waals surface area contributed by atoms with E-state index in [0.717, 1.165) is 35.5 Å². The molecule has 0 aliphatic heterocycles. The van der Waals surface area contributed by atoms with Gasteiger partial charge in [-0.15, -0.1) is 0 Å². The molecule has 3 nitrogen and oxygen atoms in total. The van der Waals surface area contributed by atoms with Crippen molar-refractivity contribution in [1.82, 2.24) is 9.78 Å². The maximum absolute atomic E-state index is 10.6. The van der Waals surface area contributed by atoms with E-state index in [2.05, 4.69) is 31.1 Å². The Kier molecular flexibility index (Phi) is 3.96. The summed E-state index contributed by atoms with van der Waals surface area (Å²) in [7, 11) is 0. The summed E-state index contributed by atoms with van der Waals surface area (Å²) in [5.74, 6) is 0.287. The van der Waals surface area contributed by atoms with Crippen LogP contribution in [0.4, 0.5) is 0 Å². The molecule has 1 aromatic heterocycles. The Labute approximate surface area is 130 Å². The van der Waals surface area contributed by atoms with Crippen LogP contribution in [-0.4, -0.2) is 14.9 Å². The van der Waals surface area contributed by atoms with Crippen molar-refractivity contribution in [3.8, 4) is 22.7 Å². The van der Waals surface area contributed by atoms with Crippen LogP contribution in [0.15, 0.2) is 54.6 Å². The van der Waals surface area contributed by atoms with Crippen molar-refractivity contribution in [3.63, 3.8) is 0 Å². The Hall–Kier alpha value is -2.55. The fourth-order valence-electron chi connectivity index (χ4n) is 2.59. The molecule has 0 aliphatic rings. The van der Waals surface area contributed by atoms with Gasteiger partial charge in [-0.05, 0) is 25.5 Å². The third-order valence-corrected chi connectivity index (χ3v) is 3.74. The van der Waals surface area contributed by atoms with Gasteiger partial charge in [-0.2, -0.15) is 5.10 Å². The molecule has 0 atom stereocenters. The summed E-state index contributed by atoms with van der Waals surface area (Å²) in [6.07, 6.45) is 1.72. The van der Waals surface area contributed by atoms with E-state index in [-0.39, 0.29) is 5.75 Å². The maximum atomic E-state index is 10.6. The number of nitrogens with zero attached hydrogens (tertiary/aromatic N) is 2. The lowest BCUT2D eigenvalue weighted by atomic mass is 10.1. The van der Waals surface area contributed by atoms with Crippen LogP contribution in [0.3, 0.4) is 0 Å². The first-order valence-corrected chi connectivity index (χ1v) is 7.64. The van der Waals surface area contributed by atoms with Gasteiger partial charge in [-0.3, -0.25) is 0 Å². The van der Waals surface area contributed by atoms with Gasteiger partial charge in [-0.1, -0.05) is 61.4 Å². The van der Waals surface area contributed by atoms with E-state index < -0.39 is 0 Å². The lowest BCUT2D eigenvalue weighted by molar-refractivity contribution is 0.469. The second kappa shape index (κ2) is 6.06. The van der Waals surface area contributed by atoms with Crippen molar-refractivity contribution in [1.29, 1.82) is 0 Å². The fourth-order valence-corrected chi connectivity index (χ4v) is 2.59. The number of para-hydroxylation sites is 1. The van der Waals surface area contributed by atoms with Crippen LogP contribution in [0.25, 0.3) is 16.9 Å². The number of hydrogen-bond acceptors (Lipinski definition) is 2. The van der Waals surface area contributed by atoms with Crippen LogP contribution in [0.2, 0.25) is 0 Å². The zero-order valence-corrected chi connectivity index (χ0v) is 13.0. The summed E-state index contributed by atoms with van der Waals surface area (Å²) < 4.78 is 1.84. The molecule has 3 aromatic rings. The SMILES string of the molecule is CCCc1nn(-c2ccccc2)c(-c2ccc(C)cc2)c1O. The van der Waals surface area contributed by atoms with E-state index in [4.69, 9.17) is 0 Å². The molecule has 0 spiro atoms. The summed E-state index contributed by atoms with van der Waals surface area (Å²) in [6.45, 7) is 4.15. The highest BCUT2D eigenvalue weighted by Crippen LogP contribution is 2.35. The van der Waals surface area contributed by atoms with Gasteiger partial charge in [0.15, 0.2) is 5.75 Å². The van der Waals surface area contributed by atoms with Gasteiger partial charge >= 0.3 is 0 Å². The Balaban J connectivity index is 2.20. The summed E-state index contributed by atoms with van der Waals surface area (Å²) in [4.78, 5) is 0. The Morgan fingerprint density at radius 3 is 2.32 bits per heavy atom. The molecular formula is C19H20N2O. The van der Waals surface area contributed by atoms with Crippen molar-refractivity contribution in [2.75, 3.05) is 0 Å². The van der Waals surface area contributed by atoms with Gasteiger partial charge in [0.2, 0.25) is 0 Å². The minimum Gasteiger partial charge on any atom is -0.504 e. The predicted octanol–water partition coefficient (Wildman–Crippen LogP) is 4.51. The first-order valence-electron chi connectivity index (χ1n) is 7.64. The molecule has 3 heteroatoms. The molecule has 0 radical (unpaired) electrons. The van der Waals surface area contributed by atoms with Crippen LogP contribution < -0.4 is 0 Å². The van der Waals surface area contributed by atoms with Gasteiger partial charge in [0.1, 0.15) is 11.4 Å². The molecule has 112 valence electrons. The molecule has 0 saturated carbocycles. The quantitative estimate of drug-likeness (QED) is 0.768. The molecule has 0 amide bonds. The number of aromatic nitrogens is 2. The third kappa shape index (κ3) is 2.62. The highest BCUT2D eigenvalue weighted by atomic mass is 16.3. The minimum absolute atomic E-state index is 0.287. The van der Waals surface area contributed by atoms with Crippen LogP contribution in [-0.2, 0) is 6.42 Å². The average molecular weight is 292 g/mol. The highest BCUT2D eigenvalue weighted by Gasteiger charge is 2.19. The lowest BCUT2D eigenvalue weighted by Crippen LogP contribution is -1.99. The van der Waals surface area contributed by atoms with Crippen molar-refractivity contribution in [3.05, 3.63) is 65.9 Å². The summed E-state index contributed by atoms with van der Waals surface area (Å²) in [5, 5.41) is 15.3. The van der Waals surface area contributed by atoms with E-state index in [0.29, 0.717) is 0 Å². The van der Waals surface area contributed by atoms with E-state index in [1.54, 1.807) is 0 Å². The second-order valence-electron chi connectivity index (χ2n) is 5.51. The van der Waals surface area contributed by atoms with Gasteiger partial charge < -0.3 is 5.11 Å². The fraction of sp³-hybridized carbons (Fsp3) is 0.211. The van der Waals surface area contributed by atoms with Crippen LogP contribution in [0, 0.1) is 6.92 Å². The topological polar surface area (TPSA) is 38.0 Å². The Morgan fingerprint density at radius 2 is 1.68 bits per heavy atom. The molecule has 3 rings (SSSR count). The highest BCUT2D eigenvalue weighted by molar-refractivity contribution is 5.70. The number of hydrogen-bond donors (Lipinski definition) is 1. The number of aryl methyl sites for hydroxylation is 2. The average Bonchev–Trinajstić information content (AvgIpc) is 2.87. The van der Waals surface area contributed by atoms with Crippen LogP contribution >= 0.6 is 0 Å². The van der Waals surface area contributed by atoms with E-state index >= 15 is 0 Å². The number of aromatic hydroxyl groups is 1. The van der Waals surface area contributed by atoms with E-state index in [9.17, 15) is 5.11 Å². The van der Waals surface area contributed by atoms with E-state index in [1.165, 1.54) is 5.56 Å².